The summed E-state index contributed by atoms with van der Waals surface area (Å²) in [5.41, 5.74) is 0. The zero-order valence-corrected chi connectivity index (χ0v) is 6.38. The molecule has 2 fully saturated rings. The van der Waals surface area contributed by atoms with Gasteiger partial charge in [0.05, 0.1) is 6.10 Å². The SMILES string of the molecule is C[C@@H](O)[C@H]1NC2CCC1C2. The van der Waals surface area contributed by atoms with Crippen molar-refractivity contribution in [2.24, 2.45) is 5.92 Å². The van der Waals surface area contributed by atoms with Crippen molar-refractivity contribution >= 4 is 0 Å². The average molecular weight is 141 g/mol. The van der Waals surface area contributed by atoms with E-state index in [-0.39, 0.29) is 6.10 Å². The molecule has 1 saturated carbocycles. The Kier molecular flexibility index (Phi) is 1.46. The van der Waals surface area contributed by atoms with E-state index in [1.807, 2.05) is 6.92 Å². The van der Waals surface area contributed by atoms with Crippen LogP contribution in [0, 0.1) is 5.92 Å². The van der Waals surface area contributed by atoms with Gasteiger partial charge in [0.15, 0.2) is 0 Å². The summed E-state index contributed by atoms with van der Waals surface area (Å²) in [7, 11) is 0. The maximum Gasteiger partial charge on any atom is 0.0667 e. The minimum Gasteiger partial charge on any atom is -0.392 e. The van der Waals surface area contributed by atoms with Gasteiger partial charge >= 0.3 is 0 Å². The van der Waals surface area contributed by atoms with Crippen LogP contribution in [0.2, 0.25) is 0 Å². The molecule has 4 atom stereocenters. The zero-order chi connectivity index (χ0) is 7.14. The lowest BCUT2D eigenvalue weighted by atomic mass is 9.96. The molecule has 2 nitrogen and oxygen atoms in total. The van der Waals surface area contributed by atoms with Crippen molar-refractivity contribution < 1.29 is 5.11 Å². The van der Waals surface area contributed by atoms with Crippen LogP contribution in [0.25, 0.3) is 0 Å². The fourth-order valence-electron chi connectivity index (χ4n) is 2.44. The predicted molar refractivity (Wildman–Crippen MR) is 39.7 cm³/mol. The number of aliphatic hydroxyl groups excluding tert-OH is 1. The maximum absolute atomic E-state index is 9.31. The van der Waals surface area contributed by atoms with Gasteiger partial charge in [-0.1, -0.05) is 0 Å². The van der Waals surface area contributed by atoms with Crippen LogP contribution in [0.3, 0.4) is 0 Å². The second-order valence-electron chi connectivity index (χ2n) is 3.70. The summed E-state index contributed by atoms with van der Waals surface area (Å²) >= 11 is 0. The van der Waals surface area contributed by atoms with Gasteiger partial charge in [0.1, 0.15) is 0 Å². The van der Waals surface area contributed by atoms with Crippen LogP contribution in [0.5, 0.6) is 0 Å². The molecule has 2 aliphatic rings. The van der Waals surface area contributed by atoms with E-state index in [4.69, 9.17) is 0 Å². The van der Waals surface area contributed by atoms with Crippen molar-refractivity contribution in [2.75, 3.05) is 0 Å². The highest BCUT2D eigenvalue weighted by molar-refractivity contribution is 4.98. The Morgan fingerprint density at radius 2 is 2.30 bits per heavy atom. The zero-order valence-electron chi connectivity index (χ0n) is 6.38. The summed E-state index contributed by atoms with van der Waals surface area (Å²) in [4.78, 5) is 0. The second kappa shape index (κ2) is 2.21. The maximum atomic E-state index is 9.31. The van der Waals surface area contributed by atoms with Crippen molar-refractivity contribution in [1.82, 2.24) is 5.32 Å². The molecule has 1 aliphatic heterocycles. The van der Waals surface area contributed by atoms with E-state index in [0.717, 1.165) is 12.0 Å². The van der Waals surface area contributed by atoms with E-state index >= 15 is 0 Å². The van der Waals surface area contributed by atoms with Crippen LogP contribution >= 0.6 is 0 Å². The van der Waals surface area contributed by atoms with Crippen LogP contribution in [-0.2, 0) is 0 Å². The van der Waals surface area contributed by atoms with Gasteiger partial charge in [-0.05, 0) is 32.1 Å². The molecule has 1 heterocycles. The smallest absolute Gasteiger partial charge is 0.0667 e. The number of hydrogen-bond donors (Lipinski definition) is 2. The minimum absolute atomic E-state index is 0.157. The summed E-state index contributed by atoms with van der Waals surface area (Å²) < 4.78 is 0. The minimum atomic E-state index is -0.157. The number of fused-ring (bicyclic) bond motifs is 2. The fraction of sp³-hybridized carbons (Fsp3) is 1.00. The molecular formula is C8H15NO. The monoisotopic (exact) mass is 141 g/mol. The standard InChI is InChI=1S/C8H15NO/c1-5(10)8-6-2-3-7(4-6)9-8/h5-10H,2-4H2,1H3/t5-,6?,7?,8-/m1/s1. The van der Waals surface area contributed by atoms with E-state index in [1.165, 1.54) is 19.3 Å². The highest BCUT2D eigenvalue weighted by Gasteiger charge is 2.40. The third kappa shape index (κ3) is 0.867. The first-order valence-electron chi connectivity index (χ1n) is 4.21. The molecule has 2 unspecified atom stereocenters. The molecular weight excluding hydrogens is 126 g/mol. The lowest BCUT2D eigenvalue weighted by Gasteiger charge is -2.25. The molecule has 2 N–H and O–H groups in total. The Morgan fingerprint density at radius 3 is 2.60 bits per heavy atom. The summed E-state index contributed by atoms with van der Waals surface area (Å²) in [5.74, 6) is 0.769. The van der Waals surface area contributed by atoms with Gasteiger partial charge < -0.3 is 10.4 Å². The van der Waals surface area contributed by atoms with Crippen LogP contribution in [0.1, 0.15) is 26.2 Å². The topological polar surface area (TPSA) is 32.3 Å². The molecule has 2 bridgehead atoms. The Morgan fingerprint density at radius 1 is 1.50 bits per heavy atom. The van der Waals surface area contributed by atoms with Crippen molar-refractivity contribution in [1.29, 1.82) is 0 Å². The van der Waals surface area contributed by atoms with E-state index < -0.39 is 0 Å². The summed E-state index contributed by atoms with van der Waals surface area (Å²) in [6.45, 7) is 1.89. The summed E-state index contributed by atoms with van der Waals surface area (Å²) in [6, 6.07) is 1.13. The highest BCUT2D eigenvalue weighted by atomic mass is 16.3. The number of nitrogens with one attached hydrogen (secondary N) is 1. The molecule has 58 valence electrons. The lowest BCUT2D eigenvalue weighted by Crippen LogP contribution is -2.42. The number of piperidine rings is 1. The van der Waals surface area contributed by atoms with Gasteiger partial charge in [-0.3, -0.25) is 0 Å². The average Bonchev–Trinajstić information content (AvgIpc) is 2.44. The molecule has 2 rings (SSSR count). The van der Waals surface area contributed by atoms with Gasteiger partial charge in [0, 0.05) is 12.1 Å². The van der Waals surface area contributed by atoms with Crippen LogP contribution in [0.4, 0.5) is 0 Å². The summed E-state index contributed by atoms with van der Waals surface area (Å²) in [5, 5.41) is 12.8. The molecule has 1 saturated heterocycles. The molecule has 10 heavy (non-hydrogen) atoms. The third-order valence-electron chi connectivity index (χ3n) is 2.93. The number of rotatable bonds is 1. The molecule has 0 aromatic heterocycles. The van der Waals surface area contributed by atoms with Gasteiger partial charge in [-0.25, -0.2) is 0 Å². The quantitative estimate of drug-likeness (QED) is 0.557. The second-order valence-corrected chi connectivity index (χ2v) is 3.70. The Hall–Kier alpha value is -0.0800. The molecule has 0 aromatic rings. The van der Waals surface area contributed by atoms with E-state index in [9.17, 15) is 5.11 Å². The molecule has 0 aromatic carbocycles. The lowest BCUT2D eigenvalue weighted by molar-refractivity contribution is 0.122. The van der Waals surface area contributed by atoms with Crippen LogP contribution in [-0.4, -0.2) is 23.3 Å². The molecule has 0 amide bonds. The largest absolute Gasteiger partial charge is 0.392 e. The molecule has 1 aliphatic carbocycles. The third-order valence-corrected chi connectivity index (χ3v) is 2.93. The Labute approximate surface area is 61.6 Å². The fourth-order valence-corrected chi connectivity index (χ4v) is 2.44. The van der Waals surface area contributed by atoms with Gasteiger partial charge in [-0.15, -0.1) is 0 Å². The van der Waals surface area contributed by atoms with Crippen molar-refractivity contribution in [3.63, 3.8) is 0 Å². The van der Waals surface area contributed by atoms with Gasteiger partial charge in [0.25, 0.3) is 0 Å². The Balaban J connectivity index is 2.02. The van der Waals surface area contributed by atoms with E-state index in [2.05, 4.69) is 5.32 Å². The Bertz CT molecular complexity index is 135. The van der Waals surface area contributed by atoms with E-state index in [1.54, 1.807) is 0 Å². The van der Waals surface area contributed by atoms with Crippen LogP contribution in [0.15, 0.2) is 0 Å². The molecule has 0 radical (unpaired) electrons. The number of hydrogen-bond acceptors (Lipinski definition) is 2. The first kappa shape index (κ1) is 6.62. The van der Waals surface area contributed by atoms with E-state index in [0.29, 0.717) is 6.04 Å². The number of aliphatic hydroxyl groups is 1. The molecule has 2 heteroatoms. The predicted octanol–water partition coefficient (Wildman–Crippen LogP) is 0.508. The molecule has 0 spiro atoms. The van der Waals surface area contributed by atoms with Gasteiger partial charge in [0.2, 0.25) is 0 Å². The van der Waals surface area contributed by atoms with Crippen LogP contribution < -0.4 is 5.32 Å². The first-order valence-corrected chi connectivity index (χ1v) is 4.21. The first-order chi connectivity index (χ1) is 4.77. The van der Waals surface area contributed by atoms with Crippen molar-refractivity contribution in [3.05, 3.63) is 0 Å². The highest BCUT2D eigenvalue weighted by Crippen LogP contribution is 2.36. The van der Waals surface area contributed by atoms with Crippen molar-refractivity contribution in [3.8, 4) is 0 Å². The summed E-state index contributed by atoms with van der Waals surface area (Å²) in [6.07, 6.45) is 3.80. The van der Waals surface area contributed by atoms with Crippen molar-refractivity contribution in [2.45, 2.75) is 44.4 Å². The van der Waals surface area contributed by atoms with Gasteiger partial charge in [-0.2, -0.15) is 0 Å². The normalized spacial score (nSPS) is 48.0.